The highest BCUT2D eigenvalue weighted by atomic mass is 16.6. The number of nitrogens with one attached hydrogen (secondary N) is 1. The van der Waals surface area contributed by atoms with Crippen molar-refractivity contribution in [2.45, 2.75) is 13.0 Å². The Bertz CT molecular complexity index is 433. The van der Waals surface area contributed by atoms with Crippen molar-refractivity contribution in [1.29, 1.82) is 0 Å². The standard InChI is InChI=1S/C13H17NO4/c1-9(8-16-2)14-13(15)10-3-4-11-12(7-10)18-6-5-17-11/h3-4,7,9H,5-6,8H2,1-2H3,(H,14,15)/t9-/m0/s1. The molecule has 0 saturated heterocycles. The van der Waals surface area contributed by atoms with Crippen molar-refractivity contribution in [2.75, 3.05) is 26.9 Å². The van der Waals surface area contributed by atoms with Crippen LogP contribution in [-0.4, -0.2) is 38.9 Å². The lowest BCUT2D eigenvalue weighted by atomic mass is 10.1. The van der Waals surface area contributed by atoms with E-state index in [2.05, 4.69) is 5.32 Å². The van der Waals surface area contributed by atoms with Crippen LogP contribution in [0.2, 0.25) is 0 Å². The first-order valence-electron chi connectivity index (χ1n) is 5.90. The molecule has 1 aliphatic rings. The number of rotatable bonds is 4. The zero-order chi connectivity index (χ0) is 13.0. The number of benzene rings is 1. The number of ether oxygens (including phenoxy) is 3. The van der Waals surface area contributed by atoms with E-state index in [1.165, 1.54) is 0 Å². The van der Waals surface area contributed by atoms with Gasteiger partial charge in [-0.3, -0.25) is 4.79 Å². The van der Waals surface area contributed by atoms with Crippen molar-refractivity contribution in [1.82, 2.24) is 5.32 Å². The topological polar surface area (TPSA) is 56.8 Å². The van der Waals surface area contributed by atoms with Crippen LogP contribution in [0.5, 0.6) is 11.5 Å². The minimum atomic E-state index is -0.142. The van der Waals surface area contributed by atoms with E-state index < -0.39 is 0 Å². The third-order valence-corrected chi connectivity index (χ3v) is 2.60. The third-order valence-electron chi connectivity index (χ3n) is 2.60. The molecule has 18 heavy (non-hydrogen) atoms. The molecule has 1 N–H and O–H groups in total. The molecule has 0 aliphatic carbocycles. The van der Waals surface area contributed by atoms with E-state index in [1.54, 1.807) is 25.3 Å². The summed E-state index contributed by atoms with van der Waals surface area (Å²) >= 11 is 0. The zero-order valence-electron chi connectivity index (χ0n) is 10.6. The maximum absolute atomic E-state index is 12.0. The van der Waals surface area contributed by atoms with E-state index in [1.807, 2.05) is 6.92 Å². The zero-order valence-corrected chi connectivity index (χ0v) is 10.6. The van der Waals surface area contributed by atoms with Crippen molar-refractivity contribution in [3.8, 4) is 11.5 Å². The maximum Gasteiger partial charge on any atom is 0.251 e. The molecule has 0 saturated carbocycles. The lowest BCUT2D eigenvalue weighted by Gasteiger charge is -2.19. The van der Waals surface area contributed by atoms with Gasteiger partial charge in [-0.15, -0.1) is 0 Å². The van der Waals surface area contributed by atoms with Gasteiger partial charge in [-0.25, -0.2) is 0 Å². The quantitative estimate of drug-likeness (QED) is 0.874. The number of amides is 1. The van der Waals surface area contributed by atoms with Crippen LogP contribution in [-0.2, 0) is 4.74 Å². The Labute approximate surface area is 106 Å². The van der Waals surface area contributed by atoms with E-state index in [0.29, 0.717) is 36.9 Å². The molecular weight excluding hydrogens is 234 g/mol. The van der Waals surface area contributed by atoms with Gasteiger partial charge < -0.3 is 19.5 Å². The molecule has 0 spiro atoms. The lowest BCUT2D eigenvalue weighted by molar-refractivity contribution is 0.0904. The van der Waals surface area contributed by atoms with Crippen LogP contribution >= 0.6 is 0 Å². The number of carbonyl (C=O) groups excluding carboxylic acids is 1. The number of hydrogen-bond donors (Lipinski definition) is 1. The van der Waals surface area contributed by atoms with Gasteiger partial charge in [-0.05, 0) is 25.1 Å². The van der Waals surface area contributed by atoms with Gasteiger partial charge in [0.25, 0.3) is 5.91 Å². The maximum atomic E-state index is 12.0. The van der Waals surface area contributed by atoms with Crippen molar-refractivity contribution >= 4 is 5.91 Å². The monoisotopic (exact) mass is 251 g/mol. The molecule has 5 nitrogen and oxygen atoms in total. The highest BCUT2D eigenvalue weighted by Crippen LogP contribution is 2.30. The van der Waals surface area contributed by atoms with Crippen molar-refractivity contribution < 1.29 is 19.0 Å². The molecule has 0 aromatic heterocycles. The number of fused-ring (bicyclic) bond motifs is 1. The molecule has 0 bridgehead atoms. The molecule has 0 radical (unpaired) electrons. The Hall–Kier alpha value is -1.75. The van der Waals surface area contributed by atoms with Crippen molar-refractivity contribution in [2.24, 2.45) is 0 Å². The smallest absolute Gasteiger partial charge is 0.251 e. The average Bonchev–Trinajstić information content (AvgIpc) is 2.38. The van der Waals surface area contributed by atoms with Crippen LogP contribution in [0.25, 0.3) is 0 Å². The summed E-state index contributed by atoms with van der Waals surface area (Å²) in [7, 11) is 1.60. The number of hydrogen-bond acceptors (Lipinski definition) is 4. The van der Waals surface area contributed by atoms with E-state index in [-0.39, 0.29) is 11.9 Å². The minimum Gasteiger partial charge on any atom is -0.486 e. The van der Waals surface area contributed by atoms with E-state index in [9.17, 15) is 4.79 Å². The van der Waals surface area contributed by atoms with Gasteiger partial charge in [0.1, 0.15) is 13.2 Å². The lowest BCUT2D eigenvalue weighted by Crippen LogP contribution is -2.35. The molecule has 1 aromatic rings. The highest BCUT2D eigenvalue weighted by Gasteiger charge is 2.15. The summed E-state index contributed by atoms with van der Waals surface area (Å²) in [6.45, 7) is 3.43. The van der Waals surface area contributed by atoms with E-state index >= 15 is 0 Å². The molecule has 98 valence electrons. The van der Waals surface area contributed by atoms with Gasteiger partial charge >= 0.3 is 0 Å². The largest absolute Gasteiger partial charge is 0.486 e. The third kappa shape index (κ3) is 2.92. The Morgan fingerprint density at radius 3 is 2.83 bits per heavy atom. The average molecular weight is 251 g/mol. The Morgan fingerprint density at radius 2 is 2.11 bits per heavy atom. The van der Waals surface area contributed by atoms with Crippen molar-refractivity contribution in [3.05, 3.63) is 23.8 Å². The van der Waals surface area contributed by atoms with Gasteiger partial charge in [0, 0.05) is 18.7 Å². The molecule has 1 amide bonds. The predicted octanol–water partition coefficient (Wildman–Crippen LogP) is 1.22. The molecule has 1 aliphatic heterocycles. The molecule has 1 heterocycles. The predicted molar refractivity (Wildman–Crippen MR) is 66.2 cm³/mol. The van der Waals surface area contributed by atoms with E-state index in [0.717, 1.165) is 0 Å². The summed E-state index contributed by atoms with van der Waals surface area (Å²) in [4.78, 5) is 12.0. The van der Waals surface area contributed by atoms with Gasteiger partial charge in [0.05, 0.1) is 6.61 Å². The van der Waals surface area contributed by atoms with Gasteiger partial charge in [0.2, 0.25) is 0 Å². The fourth-order valence-electron chi connectivity index (χ4n) is 1.78. The van der Waals surface area contributed by atoms with Gasteiger partial charge in [-0.1, -0.05) is 0 Å². The molecule has 0 unspecified atom stereocenters. The molecule has 2 rings (SSSR count). The molecule has 0 fully saturated rings. The highest BCUT2D eigenvalue weighted by molar-refractivity contribution is 5.95. The summed E-state index contributed by atoms with van der Waals surface area (Å²) in [5.74, 6) is 1.16. The summed E-state index contributed by atoms with van der Waals surface area (Å²) in [5, 5.41) is 2.84. The van der Waals surface area contributed by atoms with Gasteiger partial charge in [-0.2, -0.15) is 0 Å². The van der Waals surface area contributed by atoms with Crippen LogP contribution in [0, 0.1) is 0 Å². The van der Waals surface area contributed by atoms with Crippen LogP contribution < -0.4 is 14.8 Å². The molecule has 5 heteroatoms. The second kappa shape index (κ2) is 5.73. The normalized spacial score (nSPS) is 15.0. The summed E-state index contributed by atoms with van der Waals surface area (Å²) in [6, 6.07) is 5.14. The number of methoxy groups -OCH3 is 1. The Balaban J connectivity index is 2.06. The summed E-state index contributed by atoms with van der Waals surface area (Å²) in [6.07, 6.45) is 0. The van der Waals surface area contributed by atoms with Crippen LogP contribution in [0.4, 0.5) is 0 Å². The second-order valence-corrected chi connectivity index (χ2v) is 4.19. The molecule has 1 aromatic carbocycles. The first-order chi connectivity index (χ1) is 8.70. The fourth-order valence-corrected chi connectivity index (χ4v) is 1.78. The van der Waals surface area contributed by atoms with Crippen molar-refractivity contribution in [3.63, 3.8) is 0 Å². The van der Waals surface area contributed by atoms with E-state index in [4.69, 9.17) is 14.2 Å². The Kier molecular flexibility index (Phi) is 4.04. The molecular formula is C13H17NO4. The first kappa shape index (κ1) is 12.7. The summed E-state index contributed by atoms with van der Waals surface area (Å²) < 4.78 is 15.8. The summed E-state index contributed by atoms with van der Waals surface area (Å²) in [5.41, 5.74) is 0.558. The Morgan fingerprint density at radius 1 is 1.39 bits per heavy atom. The fraction of sp³-hybridized carbons (Fsp3) is 0.462. The number of carbonyl (C=O) groups is 1. The minimum absolute atomic E-state index is 0.0318. The second-order valence-electron chi connectivity index (χ2n) is 4.19. The van der Waals surface area contributed by atoms with Crippen LogP contribution in [0.3, 0.4) is 0 Å². The van der Waals surface area contributed by atoms with Crippen LogP contribution in [0.1, 0.15) is 17.3 Å². The van der Waals surface area contributed by atoms with Gasteiger partial charge in [0.15, 0.2) is 11.5 Å². The van der Waals surface area contributed by atoms with Crippen LogP contribution in [0.15, 0.2) is 18.2 Å². The first-order valence-corrected chi connectivity index (χ1v) is 5.90. The molecule has 1 atom stereocenters. The SMILES string of the molecule is COC[C@H](C)NC(=O)c1ccc2c(c1)OCCO2.